The van der Waals surface area contributed by atoms with Gasteiger partial charge in [0.05, 0.1) is 18.9 Å². The molecule has 0 radical (unpaired) electrons. The van der Waals surface area contributed by atoms with E-state index in [0.29, 0.717) is 13.1 Å². The molecule has 2 rings (SSSR count). The third kappa shape index (κ3) is 3.56. The van der Waals surface area contributed by atoms with Crippen molar-refractivity contribution < 1.29 is 9.84 Å². The van der Waals surface area contributed by atoms with Crippen molar-refractivity contribution in [1.29, 1.82) is 0 Å². The van der Waals surface area contributed by atoms with Crippen LogP contribution in [0.15, 0.2) is 36.5 Å². The summed E-state index contributed by atoms with van der Waals surface area (Å²) in [4.78, 5) is 0. The number of aromatic nitrogens is 2. The van der Waals surface area contributed by atoms with E-state index in [0.717, 1.165) is 17.0 Å². The maximum absolute atomic E-state index is 10.1. The van der Waals surface area contributed by atoms with E-state index in [1.807, 2.05) is 42.1 Å². The number of methoxy groups -OCH3 is 1. The van der Waals surface area contributed by atoms with Gasteiger partial charge in [-0.1, -0.05) is 12.1 Å². The Labute approximate surface area is 112 Å². The summed E-state index contributed by atoms with van der Waals surface area (Å²) < 4.78 is 6.90. The third-order valence-electron chi connectivity index (χ3n) is 3.07. The smallest absolute Gasteiger partial charge is 0.118 e. The van der Waals surface area contributed by atoms with E-state index in [9.17, 15) is 5.11 Å². The van der Waals surface area contributed by atoms with Crippen molar-refractivity contribution in [2.45, 2.75) is 12.6 Å². The van der Waals surface area contributed by atoms with E-state index < -0.39 is 6.10 Å². The number of nitrogens with one attached hydrogen (secondary N) is 1. The van der Waals surface area contributed by atoms with Crippen LogP contribution in [0.2, 0.25) is 0 Å². The van der Waals surface area contributed by atoms with E-state index in [1.54, 1.807) is 13.3 Å². The van der Waals surface area contributed by atoms with Crippen LogP contribution in [0.25, 0.3) is 0 Å². The minimum atomic E-state index is -0.529. The van der Waals surface area contributed by atoms with E-state index in [4.69, 9.17) is 4.74 Å². The molecule has 1 aromatic heterocycles. The first-order chi connectivity index (χ1) is 9.20. The minimum Gasteiger partial charge on any atom is -0.497 e. The van der Waals surface area contributed by atoms with E-state index >= 15 is 0 Å². The second-order valence-corrected chi connectivity index (χ2v) is 4.37. The fourth-order valence-corrected chi connectivity index (χ4v) is 1.86. The van der Waals surface area contributed by atoms with Crippen molar-refractivity contribution in [2.24, 2.45) is 7.05 Å². The molecule has 0 bridgehead atoms. The predicted octanol–water partition coefficient (Wildman–Crippen LogP) is 1.25. The summed E-state index contributed by atoms with van der Waals surface area (Å²) in [5.74, 6) is 0.791. The average molecular weight is 261 g/mol. The van der Waals surface area contributed by atoms with Crippen LogP contribution in [-0.2, 0) is 13.6 Å². The largest absolute Gasteiger partial charge is 0.497 e. The SMILES string of the molecule is COc1ccc(C(O)CNCc2ccnn2C)cc1. The van der Waals surface area contributed by atoms with Gasteiger partial charge >= 0.3 is 0 Å². The Morgan fingerprint density at radius 3 is 2.63 bits per heavy atom. The highest BCUT2D eigenvalue weighted by atomic mass is 16.5. The second-order valence-electron chi connectivity index (χ2n) is 4.37. The molecule has 0 amide bonds. The van der Waals surface area contributed by atoms with Crippen molar-refractivity contribution in [1.82, 2.24) is 15.1 Å². The van der Waals surface area contributed by atoms with Gasteiger partial charge in [0.1, 0.15) is 5.75 Å². The summed E-state index contributed by atoms with van der Waals surface area (Å²) in [6, 6.07) is 9.39. The first-order valence-corrected chi connectivity index (χ1v) is 6.20. The Bertz CT molecular complexity index is 508. The Hall–Kier alpha value is -1.85. The zero-order chi connectivity index (χ0) is 13.7. The summed E-state index contributed by atoms with van der Waals surface area (Å²) in [5, 5.41) is 17.4. The maximum Gasteiger partial charge on any atom is 0.118 e. The number of aryl methyl sites for hydroxylation is 1. The molecule has 2 aromatic rings. The molecule has 102 valence electrons. The Balaban J connectivity index is 1.83. The van der Waals surface area contributed by atoms with Crippen molar-refractivity contribution in [3.8, 4) is 5.75 Å². The molecule has 0 aliphatic heterocycles. The van der Waals surface area contributed by atoms with E-state index in [2.05, 4.69) is 10.4 Å². The third-order valence-corrected chi connectivity index (χ3v) is 3.07. The van der Waals surface area contributed by atoms with Crippen LogP contribution >= 0.6 is 0 Å². The highest BCUT2D eigenvalue weighted by molar-refractivity contribution is 5.28. The summed E-state index contributed by atoms with van der Waals surface area (Å²) in [5.41, 5.74) is 1.96. The number of rotatable bonds is 6. The van der Waals surface area contributed by atoms with Gasteiger partial charge in [0.2, 0.25) is 0 Å². The van der Waals surface area contributed by atoms with Gasteiger partial charge in [-0.15, -0.1) is 0 Å². The fourth-order valence-electron chi connectivity index (χ4n) is 1.86. The van der Waals surface area contributed by atoms with Gasteiger partial charge in [0.15, 0.2) is 0 Å². The number of ether oxygens (including phenoxy) is 1. The number of hydrogen-bond donors (Lipinski definition) is 2. The quantitative estimate of drug-likeness (QED) is 0.821. The van der Waals surface area contributed by atoms with Gasteiger partial charge in [-0.3, -0.25) is 4.68 Å². The normalized spacial score (nSPS) is 12.4. The number of aliphatic hydroxyl groups excluding tert-OH is 1. The molecular formula is C14H19N3O2. The van der Waals surface area contributed by atoms with Gasteiger partial charge in [-0.05, 0) is 23.8 Å². The molecular weight excluding hydrogens is 242 g/mol. The number of aliphatic hydroxyl groups is 1. The van der Waals surface area contributed by atoms with Crippen LogP contribution in [0.1, 0.15) is 17.4 Å². The Morgan fingerprint density at radius 1 is 1.32 bits per heavy atom. The summed E-state index contributed by atoms with van der Waals surface area (Å²) in [7, 11) is 3.53. The minimum absolute atomic E-state index is 0.498. The summed E-state index contributed by atoms with van der Waals surface area (Å²) in [6.07, 6.45) is 1.23. The van der Waals surface area contributed by atoms with E-state index in [1.165, 1.54) is 0 Å². The molecule has 2 N–H and O–H groups in total. The zero-order valence-corrected chi connectivity index (χ0v) is 11.2. The molecule has 19 heavy (non-hydrogen) atoms. The van der Waals surface area contributed by atoms with Crippen molar-refractivity contribution in [3.63, 3.8) is 0 Å². The number of hydrogen-bond acceptors (Lipinski definition) is 4. The van der Waals surface area contributed by atoms with Crippen molar-refractivity contribution >= 4 is 0 Å². The van der Waals surface area contributed by atoms with Crippen LogP contribution < -0.4 is 10.1 Å². The highest BCUT2D eigenvalue weighted by Gasteiger charge is 2.07. The average Bonchev–Trinajstić information content (AvgIpc) is 2.84. The molecule has 0 spiro atoms. The Morgan fingerprint density at radius 2 is 2.05 bits per heavy atom. The lowest BCUT2D eigenvalue weighted by Crippen LogP contribution is -2.22. The maximum atomic E-state index is 10.1. The van der Waals surface area contributed by atoms with Gasteiger partial charge < -0.3 is 15.2 Å². The first kappa shape index (κ1) is 13.6. The van der Waals surface area contributed by atoms with E-state index in [-0.39, 0.29) is 0 Å². The molecule has 0 fully saturated rings. The highest BCUT2D eigenvalue weighted by Crippen LogP contribution is 2.16. The van der Waals surface area contributed by atoms with Crippen molar-refractivity contribution in [2.75, 3.05) is 13.7 Å². The summed E-state index contributed by atoms with van der Waals surface area (Å²) in [6.45, 7) is 1.18. The van der Waals surface area contributed by atoms with Gasteiger partial charge in [-0.25, -0.2) is 0 Å². The molecule has 5 heteroatoms. The van der Waals surface area contributed by atoms with Crippen LogP contribution in [0.4, 0.5) is 0 Å². The molecule has 0 saturated carbocycles. The molecule has 1 unspecified atom stereocenters. The fraction of sp³-hybridized carbons (Fsp3) is 0.357. The zero-order valence-electron chi connectivity index (χ0n) is 11.2. The van der Waals surface area contributed by atoms with Gasteiger partial charge in [0, 0.05) is 26.3 Å². The first-order valence-electron chi connectivity index (χ1n) is 6.20. The van der Waals surface area contributed by atoms with Crippen molar-refractivity contribution in [3.05, 3.63) is 47.8 Å². The van der Waals surface area contributed by atoms with Crippen LogP contribution in [0, 0.1) is 0 Å². The molecule has 0 aliphatic rings. The molecule has 1 aromatic carbocycles. The predicted molar refractivity (Wildman–Crippen MR) is 72.9 cm³/mol. The molecule has 5 nitrogen and oxygen atoms in total. The van der Waals surface area contributed by atoms with Crippen LogP contribution in [0.5, 0.6) is 5.75 Å². The molecule has 1 atom stereocenters. The standard InChI is InChI=1S/C14H19N3O2/c1-17-12(7-8-16-17)9-15-10-14(18)11-3-5-13(19-2)6-4-11/h3-8,14-15,18H,9-10H2,1-2H3. The monoisotopic (exact) mass is 261 g/mol. The van der Waals surface area contributed by atoms with Crippen LogP contribution in [-0.4, -0.2) is 28.5 Å². The Kier molecular flexibility index (Phi) is 4.54. The van der Waals surface area contributed by atoms with Crippen LogP contribution in [0.3, 0.4) is 0 Å². The molecule has 0 aliphatic carbocycles. The molecule has 1 heterocycles. The van der Waals surface area contributed by atoms with Gasteiger partial charge in [0.25, 0.3) is 0 Å². The summed E-state index contributed by atoms with van der Waals surface area (Å²) >= 11 is 0. The van der Waals surface area contributed by atoms with Gasteiger partial charge in [-0.2, -0.15) is 5.10 Å². The lowest BCUT2D eigenvalue weighted by Gasteiger charge is -2.12. The molecule has 0 saturated heterocycles. The lowest BCUT2D eigenvalue weighted by atomic mass is 10.1. The number of benzene rings is 1. The lowest BCUT2D eigenvalue weighted by molar-refractivity contribution is 0.174. The number of nitrogens with zero attached hydrogens (tertiary/aromatic N) is 2. The topological polar surface area (TPSA) is 59.3 Å². The second kappa shape index (κ2) is 6.36.